The maximum Gasteiger partial charge on any atom is 0.416 e. The first kappa shape index (κ1) is 19.7. The van der Waals surface area contributed by atoms with Crippen molar-refractivity contribution >= 4 is 0 Å². The van der Waals surface area contributed by atoms with E-state index in [1.54, 1.807) is 12.1 Å². The molecule has 0 bridgehead atoms. The molecule has 3 rings (SSSR count). The molecular formula is C22H26F3NO. The third-order valence-corrected chi connectivity index (χ3v) is 5.26. The minimum absolute atomic E-state index is 0.180. The van der Waals surface area contributed by atoms with E-state index in [4.69, 9.17) is 4.74 Å². The molecule has 1 heterocycles. The maximum atomic E-state index is 13.1. The van der Waals surface area contributed by atoms with Gasteiger partial charge >= 0.3 is 6.18 Å². The predicted molar refractivity (Wildman–Crippen MR) is 101 cm³/mol. The Balaban J connectivity index is 1.47. The Hall–Kier alpha value is -2.01. The van der Waals surface area contributed by atoms with Gasteiger partial charge in [0.15, 0.2) is 0 Å². The number of hydrogen-bond acceptors (Lipinski definition) is 2. The molecule has 2 aromatic rings. The average Bonchev–Trinajstić information content (AvgIpc) is 2.64. The Morgan fingerprint density at radius 1 is 0.963 bits per heavy atom. The molecule has 0 amide bonds. The van der Waals surface area contributed by atoms with Crippen LogP contribution in [0.25, 0.3) is 0 Å². The summed E-state index contributed by atoms with van der Waals surface area (Å²) in [5.41, 5.74) is -0.299. The van der Waals surface area contributed by atoms with Crippen LogP contribution in [0.4, 0.5) is 13.2 Å². The van der Waals surface area contributed by atoms with Gasteiger partial charge in [0.05, 0.1) is 5.56 Å². The van der Waals surface area contributed by atoms with Gasteiger partial charge in [-0.1, -0.05) is 36.4 Å². The van der Waals surface area contributed by atoms with E-state index in [-0.39, 0.29) is 5.60 Å². The molecule has 0 spiro atoms. The summed E-state index contributed by atoms with van der Waals surface area (Å²) in [6.07, 6.45) is -1.27. The van der Waals surface area contributed by atoms with Crippen molar-refractivity contribution < 1.29 is 17.9 Å². The Bertz CT molecular complexity index is 722. The van der Waals surface area contributed by atoms with Crippen LogP contribution in [-0.2, 0) is 12.6 Å². The minimum atomic E-state index is -4.28. The molecule has 5 heteroatoms. The number of para-hydroxylation sites is 1. The molecule has 1 aliphatic heterocycles. The Morgan fingerprint density at radius 3 is 2.26 bits per heavy atom. The molecule has 27 heavy (non-hydrogen) atoms. The number of alkyl halides is 3. The number of hydrogen-bond donors (Lipinski definition) is 0. The summed E-state index contributed by atoms with van der Waals surface area (Å²) in [4.78, 5) is 2.33. The van der Waals surface area contributed by atoms with Crippen LogP contribution in [0.5, 0.6) is 5.75 Å². The molecule has 0 atom stereocenters. The van der Waals surface area contributed by atoms with Crippen LogP contribution in [0.1, 0.15) is 37.3 Å². The summed E-state index contributed by atoms with van der Waals surface area (Å²) in [5, 5.41) is 0. The van der Waals surface area contributed by atoms with E-state index in [2.05, 4.69) is 11.8 Å². The molecule has 0 radical (unpaired) electrons. The van der Waals surface area contributed by atoms with E-state index in [1.165, 1.54) is 12.1 Å². The molecule has 0 saturated carbocycles. The molecule has 1 aliphatic rings. The number of piperidine rings is 1. The third-order valence-electron chi connectivity index (χ3n) is 5.26. The molecule has 1 saturated heterocycles. The van der Waals surface area contributed by atoms with Gasteiger partial charge in [0.25, 0.3) is 0 Å². The van der Waals surface area contributed by atoms with Crippen LogP contribution in [0, 0.1) is 0 Å². The Kier molecular flexibility index (Phi) is 6.10. The number of benzene rings is 2. The lowest BCUT2D eigenvalue weighted by Gasteiger charge is -2.39. The zero-order chi connectivity index (χ0) is 19.3. The van der Waals surface area contributed by atoms with E-state index in [0.29, 0.717) is 12.0 Å². The lowest BCUT2D eigenvalue weighted by Crippen LogP contribution is -2.46. The predicted octanol–water partition coefficient (Wildman–Crippen LogP) is 5.57. The van der Waals surface area contributed by atoms with Gasteiger partial charge in [0.2, 0.25) is 0 Å². The largest absolute Gasteiger partial charge is 0.487 e. The fourth-order valence-corrected chi connectivity index (χ4v) is 3.63. The molecule has 0 N–H and O–H groups in total. The van der Waals surface area contributed by atoms with E-state index in [9.17, 15) is 13.2 Å². The van der Waals surface area contributed by atoms with Crippen LogP contribution in [0.15, 0.2) is 54.6 Å². The van der Waals surface area contributed by atoms with E-state index < -0.39 is 11.7 Å². The van der Waals surface area contributed by atoms with Crippen molar-refractivity contribution in [3.05, 3.63) is 65.7 Å². The van der Waals surface area contributed by atoms with Crippen LogP contribution in [0.2, 0.25) is 0 Å². The zero-order valence-corrected chi connectivity index (χ0v) is 15.6. The van der Waals surface area contributed by atoms with E-state index in [1.807, 2.05) is 30.3 Å². The molecule has 0 aliphatic carbocycles. The van der Waals surface area contributed by atoms with Crippen LogP contribution >= 0.6 is 0 Å². The smallest absolute Gasteiger partial charge is 0.416 e. The summed E-state index contributed by atoms with van der Waals surface area (Å²) in [7, 11) is 0. The first-order chi connectivity index (χ1) is 12.9. The number of likely N-dealkylation sites (tertiary alicyclic amines) is 1. The SMILES string of the molecule is CC1(Oc2ccccc2)CCN(CCCc2ccccc2C(F)(F)F)CC1. The number of ether oxygens (including phenoxy) is 1. The van der Waals surface area contributed by atoms with Crippen molar-refractivity contribution in [2.24, 2.45) is 0 Å². The summed E-state index contributed by atoms with van der Waals surface area (Å²) < 4.78 is 45.4. The first-order valence-corrected chi connectivity index (χ1v) is 9.47. The fourth-order valence-electron chi connectivity index (χ4n) is 3.63. The van der Waals surface area contributed by atoms with Crippen LogP contribution in [0.3, 0.4) is 0 Å². The topological polar surface area (TPSA) is 12.5 Å². The quantitative estimate of drug-likeness (QED) is 0.652. The maximum absolute atomic E-state index is 13.1. The number of nitrogens with zero attached hydrogens (tertiary/aromatic N) is 1. The average molecular weight is 377 g/mol. The molecule has 146 valence electrons. The van der Waals surface area contributed by atoms with Gasteiger partial charge in [-0.15, -0.1) is 0 Å². The van der Waals surface area contributed by atoms with Gasteiger partial charge < -0.3 is 9.64 Å². The van der Waals surface area contributed by atoms with Gasteiger partial charge in [-0.25, -0.2) is 0 Å². The van der Waals surface area contributed by atoms with E-state index in [0.717, 1.165) is 44.6 Å². The van der Waals surface area contributed by atoms with Crippen molar-refractivity contribution in [3.63, 3.8) is 0 Å². The fraction of sp³-hybridized carbons (Fsp3) is 0.455. The van der Waals surface area contributed by atoms with E-state index >= 15 is 0 Å². The summed E-state index contributed by atoms with van der Waals surface area (Å²) in [5.74, 6) is 0.886. The van der Waals surface area contributed by atoms with Gasteiger partial charge in [-0.05, 0) is 62.9 Å². The second-order valence-corrected chi connectivity index (χ2v) is 7.47. The van der Waals surface area contributed by atoms with Crippen molar-refractivity contribution in [3.8, 4) is 5.75 Å². The van der Waals surface area contributed by atoms with Crippen molar-refractivity contribution in [1.82, 2.24) is 4.90 Å². The standard InChI is InChI=1S/C22H26F3NO/c1-21(27-19-10-3-2-4-11-19)13-16-26(17-14-21)15-7-9-18-8-5-6-12-20(18)22(23,24)25/h2-6,8,10-12H,7,9,13-17H2,1H3. The van der Waals surface area contributed by atoms with Crippen molar-refractivity contribution in [1.29, 1.82) is 0 Å². The lowest BCUT2D eigenvalue weighted by molar-refractivity contribution is -0.138. The molecule has 2 nitrogen and oxygen atoms in total. The van der Waals surface area contributed by atoms with Gasteiger partial charge in [-0.2, -0.15) is 13.2 Å². The highest BCUT2D eigenvalue weighted by molar-refractivity contribution is 5.29. The number of aryl methyl sites for hydroxylation is 1. The molecule has 0 unspecified atom stereocenters. The Morgan fingerprint density at radius 2 is 1.59 bits per heavy atom. The molecule has 0 aromatic heterocycles. The normalized spacial score (nSPS) is 17.6. The van der Waals surface area contributed by atoms with Crippen LogP contribution in [-0.4, -0.2) is 30.1 Å². The highest BCUT2D eigenvalue weighted by atomic mass is 19.4. The molecular weight excluding hydrogens is 351 g/mol. The summed E-state index contributed by atoms with van der Waals surface area (Å²) in [6, 6.07) is 15.7. The summed E-state index contributed by atoms with van der Waals surface area (Å²) >= 11 is 0. The highest BCUT2D eigenvalue weighted by Crippen LogP contribution is 2.32. The van der Waals surface area contributed by atoms with Gasteiger partial charge in [0.1, 0.15) is 11.4 Å². The number of rotatable bonds is 6. The van der Waals surface area contributed by atoms with Gasteiger partial charge in [-0.3, -0.25) is 0 Å². The highest BCUT2D eigenvalue weighted by Gasteiger charge is 2.33. The lowest BCUT2D eigenvalue weighted by atomic mass is 9.93. The van der Waals surface area contributed by atoms with Crippen LogP contribution < -0.4 is 4.74 Å². The second-order valence-electron chi connectivity index (χ2n) is 7.47. The van der Waals surface area contributed by atoms with Crippen molar-refractivity contribution in [2.45, 2.75) is 44.4 Å². The van der Waals surface area contributed by atoms with Gasteiger partial charge in [0, 0.05) is 13.1 Å². The first-order valence-electron chi connectivity index (χ1n) is 9.47. The number of halogens is 3. The van der Waals surface area contributed by atoms with Crippen molar-refractivity contribution in [2.75, 3.05) is 19.6 Å². The minimum Gasteiger partial charge on any atom is -0.487 e. The zero-order valence-electron chi connectivity index (χ0n) is 15.6. The molecule has 2 aromatic carbocycles. The summed E-state index contributed by atoms with van der Waals surface area (Å²) in [6.45, 7) is 4.76. The molecule has 1 fully saturated rings. The monoisotopic (exact) mass is 377 g/mol. The third kappa shape index (κ3) is 5.48. The second kappa shape index (κ2) is 8.34. The Labute approximate surface area is 159 Å².